The summed E-state index contributed by atoms with van der Waals surface area (Å²) in [7, 11) is 0. The quantitative estimate of drug-likeness (QED) is 0.830. The maximum atomic E-state index is 8.67. The molecule has 0 amide bonds. The second-order valence-electron chi connectivity index (χ2n) is 3.52. The van der Waals surface area contributed by atoms with E-state index in [9.17, 15) is 0 Å². The number of hydrogen-bond acceptors (Lipinski definition) is 4. The van der Waals surface area contributed by atoms with Gasteiger partial charge in [0.1, 0.15) is 28.3 Å². The van der Waals surface area contributed by atoms with Crippen molar-refractivity contribution in [1.82, 2.24) is 4.98 Å². The van der Waals surface area contributed by atoms with Gasteiger partial charge in [0.05, 0.1) is 6.20 Å². The molecule has 0 fully saturated rings. The zero-order valence-corrected chi connectivity index (χ0v) is 10.3. The Kier molecular flexibility index (Phi) is 3.73. The van der Waals surface area contributed by atoms with Crippen molar-refractivity contribution in [3.63, 3.8) is 0 Å². The van der Waals surface area contributed by atoms with Gasteiger partial charge in [-0.3, -0.25) is 0 Å². The van der Waals surface area contributed by atoms with Crippen molar-refractivity contribution in [3.05, 3.63) is 45.9 Å². The molecule has 0 N–H and O–H groups in total. The summed E-state index contributed by atoms with van der Waals surface area (Å²) in [6, 6.07) is 10.1. The number of aryl methyl sites for hydroxylation is 1. The average molecular weight is 244 g/mol. The molecule has 0 aliphatic rings. The summed E-state index contributed by atoms with van der Waals surface area (Å²) >= 11 is 1.36. The summed E-state index contributed by atoms with van der Waals surface area (Å²) in [5.41, 5.74) is 1.29. The van der Waals surface area contributed by atoms with Crippen molar-refractivity contribution in [1.29, 1.82) is 5.26 Å². The highest BCUT2D eigenvalue weighted by molar-refractivity contribution is 7.12. The van der Waals surface area contributed by atoms with Gasteiger partial charge in [-0.15, -0.1) is 11.3 Å². The maximum absolute atomic E-state index is 8.67. The molecule has 1 aromatic carbocycles. The van der Waals surface area contributed by atoms with Crippen LogP contribution in [0.2, 0.25) is 0 Å². The van der Waals surface area contributed by atoms with E-state index in [0.29, 0.717) is 11.5 Å². The van der Waals surface area contributed by atoms with Crippen molar-refractivity contribution < 1.29 is 4.74 Å². The van der Waals surface area contributed by atoms with Crippen molar-refractivity contribution in [2.75, 3.05) is 0 Å². The second-order valence-corrected chi connectivity index (χ2v) is 4.63. The minimum Gasteiger partial charge on any atom is -0.486 e. The van der Waals surface area contributed by atoms with Gasteiger partial charge in [0.15, 0.2) is 0 Å². The zero-order valence-electron chi connectivity index (χ0n) is 9.51. The Morgan fingerprint density at radius 2 is 2.12 bits per heavy atom. The SMILES string of the molecule is CCc1ccc(OCc2ncc(C#N)s2)cc1. The molecule has 0 saturated heterocycles. The highest BCUT2D eigenvalue weighted by Crippen LogP contribution is 2.17. The average Bonchev–Trinajstić information content (AvgIpc) is 2.85. The highest BCUT2D eigenvalue weighted by atomic mass is 32.1. The van der Waals surface area contributed by atoms with E-state index in [1.165, 1.54) is 16.9 Å². The largest absolute Gasteiger partial charge is 0.486 e. The first kappa shape index (κ1) is 11.6. The predicted octanol–water partition coefficient (Wildman–Crippen LogP) is 3.16. The van der Waals surface area contributed by atoms with Crippen LogP contribution in [0.15, 0.2) is 30.5 Å². The van der Waals surface area contributed by atoms with E-state index in [4.69, 9.17) is 10.00 Å². The molecule has 2 aromatic rings. The lowest BCUT2D eigenvalue weighted by Crippen LogP contribution is -1.94. The van der Waals surface area contributed by atoms with Crippen LogP contribution in [0, 0.1) is 11.3 Å². The number of nitrogens with zero attached hydrogens (tertiary/aromatic N) is 2. The smallest absolute Gasteiger partial charge is 0.140 e. The fourth-order valence-electron chi connectivity index (χ4n) is 1.40. The molecule has 1 aromatic heterocycles. The molecular weight excluding hydrogens is 232 g/mol. The molecule has 3 nitrogen and oxygen atoms in total. The molecule has 0 saturated carbocycles. The third kappa shape index (κ3) is 3.05. The fraction of sp³-hybridized carbons (Fsp3) is 0.231. The minimum atomic E-state index is 0.415. The zero-order chi connectivity index (χ0) is 12.1. The molecule has 17 heavy (non-hydrogen) atoms. The molecule has 0 bridgehead atoms. The summed E-state index contributed by atoms with van der Waals surface area (Å²) < 4.78 is 5.59. The van der Waals surface area contributed by atoms with Crippen LogP contribution in [-0.2, 0) is 13.0 Å². The number of rotatable bonds is 4. The number of thiazole rings is 1. The monoisotopic (exact) mass is 244 g/mol. The topological polar surface area (TPSA) is 45.9 Å². The Bertz CT molecular complexity index is 525. The Labute approximate surface area is 104 Å². The van der Waals surface area contributed by atoms with E-state index in [1.54, 1.807) is 6.20 Å². The third-order valence-corrected chi connectivity index (χ3v) is 3.23. The van der Waals surface area contributed by atoms with Gasteiger partial charge in [-0.2, -0.15) is 5.26 Å². The van der Waals surface area contributed by atoms with Crippen LogP contribution in [0.5, 0.6) is 5.75 Å². The van der Waals surface area contributed by atoms with Crippen LogP contribution in [0.25, 0.3) is 0 Å². The van der Waals surface area contributed by atoms with Gasteiger partial charge in [-0.05, 0) is 24.1 Å². The molecule has 2 rings (SSSR count). The van der Waals surface area contributed by atoms with E-state index >= 15 is 0 Å². The van der Waals surface area contributed by atoms with Crippen molar-refractivity contribution in [2.45, 2.75) is 20.0 Å². The van der Waals surface area contributed by atoms with E-state index in [2.05, 4.69) is 30.1 Å². The van der Waals surface area contributed by atoms with Crippen LogP contribution < -0.4 is 4.74 Å². The van der Waals surface area contributed by atoms with Gasteiger partial charge in [0, 0.05) is 0 Å². The highest BCUT2D eigenvalue weighted by Gasteiger charge is 2.02. The van der Waals surface area contributed by atoms with Gasteiger partial charge < -0.3 is 4.74 Å². The minimum absolute atomic E-state index is 0.415. The van der Waals surface area contributed by atoms with Crippen LogP contribution in [0.4, 0.5) is 0 Å². The number of aromatic nitrogens is 1. The first-order chi connectivity index (χ1) is 8.31. The fourth-order valence-corrected chi connectivity index (χ4v) is 2.02. The summed E-state index contributed by atoms with van der Waals surface area (Å²) in [6.07, 6.45) is 2.60. The summed E-state index contributed by atoms with van der Waals surface area (Å²) in [6.45, 7) is 2.53. The van der Waals surface area contributed by atoms with E-state index in [1.807, 2.05) is 12.1 Å². The molecule has 0 spiro atoms. The van der Waals surface area contributed by atoms with E-state index in [-0.39, 0.29) is 0 Å². The first-order valence-corrected chi connectivity index (χ1v) is 6.20. The second kappa shape index (κ2) is 5.46. The number of benzene rings is 1. The molecule has 1 heterocycles. The van der Waals surface area contributed by atoms with E-state index < -0.39 is 0 Å². The lowest BCUT2D eigenvalue weighted by atomic mass is 10.2. The van der Waals surface area contributed by atoms with Gasteiger partial charge in [0.25, 0.3) is 0 Å². The third-order valence-electron chi connectivity index (χ3n) is 2.36. The molecular formula is C13H12N2OS. The van der Waals surface area contributed by atoms with Crippen LogP contribution >= 0.6 is 11.3 Å². The number of ether oxygens (including phenoxy) is 1. The maximum Gasteiger partial charge on any atom is 0.140 e. The van der Waals surface area contributed by atoms with Crippen molar-refractivity contribution in [3.8, 4) is 11.8 Å². The summed E-state index contributed by atoms with van der Waals surface area (Å²) in [5, 5.41) is 9.49. The van der Waals surface area contributed by atoms with Crippen LogP contribution in [0.3, 0.4) is 0 Å². The van der Waals surface area contributed by atoms with Crippen molar-refractivity contribution >= 4 is 11.3 Å². The molecule has 0 unspecified atom stereocenters. The van der Waals surface area contributed by atoms with Crippen molar-refractivity contribution in [2.24, 2.45) is 0 Å². The lowest BCUT2D eigenvalue weighted by Gasteiger charge is -2.04. The Balaban J connectivity index is 1.95. The van der Waals surface area contributed by atoms with Crippen LogP contribution in [0.1, 0.15) is 22.4 Å². The normalized spacial score (nSPS) is 9.88. The lowest BCUT2D eigenvalue weighted by molar-refractivity contribution is 0.305. The molecule has 0 aliphatic heterocycles. The number of nitriles is 1. The molecule has 4 heteroatoms. The Morgan fingerprint density at radius 3 is 2.71 bits per heavy atom. The standard InChI is InChI=1S/C13H12N2OS/c1-2-10-3-5-11(6-4-10)16-9-13-15-8-12(7-14)17-13/h3-6,8H,2,9H2,1H3. The summed E-state index contributed by atoms with van der Waals surface area (Å²) in [4.78, 5) is 4.72. The molecule has 0 atom stereocenters. The van der Waals surface area contributed by atoms with Gasteiger partial charge in [-0.1, -0.05) is 19.1 Å². The molecule has 0 radical (unpaired) electrons. The van der Waals surface area contributed by atoms with E-state index in [0.717, 1.165) is 17.2 Å². The number of hydrogen-bond donors (Lipinski definition) is 0. The van der Waals surface area contributed by atoms with Gasteiger partial charge >= 0.3 is 0 Å². The predicted molar refractivity (Wildman–Crippen MR) is 67.0 cm³/mol. The van der Waals surface area contributed by atoms with Gasteiger partial charge in [-0.25, -0.2) is 4.98 Å². The van der Waals surface area contributed by atoms with Crippen LogP contribution in [-0.4, -0.2) is 4.98 Å². The van der Waals surface area contributed by atoms with Gasteiger partial charge in [0.2, 0.25) is 0 Å². The Hall–Kier alpha value is -1.86. The summed E-state index contributed by atoms with van der Waals surface area (Å²) in [5.74, 6) is 0.830. The molecule has 0 aliphatic carbocycles. The molecule has 86 valence electrons. The first-order valence-electron chi connectivity index (χ1n) is 5.38. The Morgan fingerprint density at radius 1 is 1.35 bits per heavy atom.